The second kappa shape index (κ2) is 11.0. The normalized spacial score (nSPS) is 38.4. The quantitative estimate of drug-likeness (QED) is 0.151. The van der Waals surface area contributed by atoms with Crippen LogP contribution in [0.1, 0.15) is 151 Å². The molecule has 3 saturated carbocycles. The molecule has 3 aliphatic carbocycles. The second-order valence-corrected chi connectivity index (χ2v) is 17.9. The molecular weight excluding hydrogens is 612 g/mol. The van der Waals surface area contributed by atoms with Crippen molar-refractivity contribution in [2.24, 2.45) is 17.8 Å². The van der Waals surface area contributed by atoms with Crippen LogP contribution in [0.25, 0.3) is 0 Å². The van der Waals surface area contributed by atoms with Gasteiger partial charge in [-0.15, -0.1) is 0 Å². The van der Waals surface area contributed by atoms with Crippen LogP contribution in [-0.4, -0.2) is 69.8 Å². The number of hydrogen-bond donors (Lipinski definition) is 0. The fourth-order valence-electron chi connectivity index (χ4n) is 8.96. The van der Waals surface area contributed by atoms with E-state index in [9.17, 15) is 14.4 Å². The fraction of sp³-hybridized carbons (Fsp3) is 0.769. The molecule has 0 radical (unpaired) electrons. The lowest BCUT2D eigenvalue weighted by atomic mass is 9.75. The molecule has 0 amide bonds. The first-order valence-electron chi connectivity index (χ1n) is 18.1. The number of rotatable bonds is 9. The Morgan fingerprint density at radius 2 is 0.792 bits per heavy atom. The van der Waals surface area contributed by atoms with Crippen LogP contribution in [0.4, 0.5) is 0 Å². The van der Waals surface area contributed by atoms with Crippen LogP contribution in [-0.2, 0) is 28.4 Å². The standard InChI is InChI=1S/C39H54O9/c1-34(2,25-10-13-37(7)28(19-25)43-37)46-31(40)22-16-23(32(41)47-35(3,4)26-11-14-38(8)29(20-26)44-38)18-24(17-22)33(42)48-36(5,6)27-12-15-39(9)30(21-27)45-39/h16-18,25-30H,10-15,19-21H2,1-9H3. The van der Waals surface area contributed by atoms with Gasteiger partial charge in [0.2, 0.25) is 0 Å². The molecule has 1 aromatic carbocycles. The van der Waals surface area contributed by atoms with Gasteiger partial charge in [0.15, 0.2) is 0 Å². The highest BCUT2D eigenvalue weighted by Crippen LogP contribution is 2.54. The fourth-order valence-corrected chi connectivity index (χ4v) is 8.96. The van der Waals surface area contributed by atoms with Crippen LogP contribution in [0.3, 0.4) is 0 Å². The molecule has 3 saturated heterocycles. The first-order valence-corrected chi connectivity index (χ1v) is 18.1. The summed E-state index contributed by atoms with van der Waals surface area (Å²) < 4.78 is 36.2. The molecule has 0 aromatic heterocycles. The molecule has 9 atom stereocenters. The van der Waals surface area contributed by atoms with Crippen LogP contribution in [0.2, 0.25) is 0 Å². The number of benzene rings is 1. The molecule has 9 heteroatoms. The number of epoxide rings is 3. The molecular formula is C39H54O9. The van der Waals surface area contributed by atoms with Gasteiger partial charge >= 0.3 is 17.9 Å². The predicted octanol–water partition coefficient (Wildman–Crippen LogP) is 7.37. The van der Waals surface area contributed by atoms with E-state index in [1.807, 2.05) is 41.5 Å². The highest BCUT2D eigenvalue weighted by atomic mass is 16.6. The van der Waals surface area contributed by atoms with Gasteiger partial charge in [-0.05, 0) is 138 Å². The Kier molecular flexibility index (Phi) is 7.79. The van der Waals surface area contributed by atoms with E-state index >= 15 is 0 Å². The zero-order chi connectivity index (χ0) is 34.7. The van der Waals surface area contributed by atoms with Crippen molar-refractivity contribution in [2.75, 3.05) is 0 Å². The van der Waals surface area contributed by atoms with E-state index in [1.165, 1.54) is 18.2 Å². The largest absolute Gasteiger partial charge is 0.456 e. The summed E-state index contributed by atoms with van der Waals surface area (Å²) in [5.74, 6) is -1.41. The van der Waals surface area contributed by atoms with Gasteiger partial charge in [0, 0.05) is 17.8 Å². The van der Waals surface area contributed by atoms with Crippen LogP contribution in [0.5, 0.6) is 0 Å². The monoisotopic (exact) mass is 666 g/mol. The highest BCUT2D eigenvalue weighted by molar-refractivity contribution is 6.00. The van der Waals surface area contributed by atoms with Gasteiger partial charge in [0.1, 0.15) is 16.8 Å². The number of carbonyl (C=O) groups excluding carboxylic acids is 3. The second-order valence-electron chi connectivity index (χ2n) is 17.9. The Morgan fingerprint density at radius 3 is 1.02 bits per heavy atom. The number of fused-ring (bicyclic) bond motifs is 3. The smallest absolute Gasteiger partial charge is 0.338 e. The molecule has 7 rings (SSSR count). The van der Waals surface area contributed by atoms with E-state index in [4.69, 9.17) is 28.4 Å². The molecule has 3 heterocycles. The maximum atomic E-state index is 13.8. The Bertz CT molecular complexity index is 1320. The first kappa shape index (κ1) is 34.0. The van der Waals surface area contributed by atoms with E-state index in [2.05, 4.69) is 20.8 Å². The minimum Gasteiger partial charge on any atom is -0.456 e. The summed E-state index contributed by atoms with van der Waals surface area (Å²) in [5, 5.41) is 0. The molecule has 0 spiro atoms. The number of esters is 3. The topological polar surface area (TPSA) is 116 Å². The number of hydrogen-bond acceptors (Lipinski definition) is 9. The Morgan fingerprint density at radius 1 is 0.542 bits per heavy atom. The molecule has 6 aliphatic rings. The van der Waals surface area contributed by atoms with Crippen molar-refractivity contribution in [2.45, 2.75) is 172 Å². The SMILES string of the molecule is CC(C)(OC(=O)c1cc(C(=O)OC(C)(C)C2CCC3(C)OC3C2)cc(C(=O)OC(C)(C)C2CCC3(C)OC3C2)c1)C1CCC2(C)OC2C1. The van der Waals surface area contributed by atoms with E-state index in [0.717, 1.165) is 57.8 Å². The van der Waals surface area contributed by atoms with Gasteiger partial charge in [0.05, 0.1) is 51.8 Å². The lowest BCUT2D eigenvalue weighted by Crippen LogP contribution is -2.41. The van der Waals surface area contributed by atoms with Gasteiger partial charge in [-0.2, -0.15) is 0 Å². The number of carbonyl (C=O) groups is 3. The Hall–Kier alpha value is -2.49. The average Bonchev–Trinajstić information content (AvgIpc) is 3.93. The van der Waals surface area contributed by atoms with E-state index in [0.29, 0.717) is 0 Å². The van der Waals surface area contributed by atoms with Crippen molar-refractivity contribution in [3.63, 3.8) is 0 Å². The van der Waals surface area contributed by atoms with Crippen molar-refractivity contribution in [3.05, 3.63) is 34.9 Å². The van der Waals surface area contributed by atoms with Gasteiger partial charge in [-0.1, -0.05) is 0 Å². The third-order valence-electron chi connectivity index (χ3n) is 13.2. The summed E-state index contributed by atoms with van der Waals surface area (Å²) in [6.07, 6.45) is 8.47. The van der Waals surface area contributed by atoms with Crippen LogP contribution in [0, 0.1) is 17.8 Å². The van der Waals surface area contributed by atoms with Crippen molar-refractivity contribution in [1.29, 1.82) is 0 Å². The van der Waals surface area contributed by atoms with Gasteiger partial charge in [-0.3, -0.25) is 0 Å². The number of ether oxygens (including phenoxy) is 6. The van der Waals surface area contributed by atoms with Crippen molar-refractivity contribution < 1.29 is 42.8 Å². The van der Waals surface area contributed by atoms with Crippen molar-refractivity contribution >= 4 is 17.9 Å². The van der Waals surface area contributed by atoms with Gasteiger partial charge in [-0.25, -0.2) is 14.4 Å². The third-order valence-corrected chi connectivity index (χ3v) is 13.2. The van der Waals surface area contributed by atoms with Crippen LogP contribution in [0.15, 0.2) is 18.2 Å². The summed E-state index contributed by atoms with van der Waals surface area (Å²) in [5.41, 5.74) is -2.12. The lowest BCUT2D eigenvalue weighted by Gasteiger charge is -2.37. The summed E-state index contributed by atoms with van der Waals surface area (Å²) in [4.78, 5) is 41.5. The minimum atomic E-state index is -0.772. The molecule has 9 unspecified atom stereocenters. The van der Waals surface area contributed by atoms with E-state index < -0.39 is 34.7 Å². The minimum absolute atomic E-state index is 0.0476. The van der Waals surface area contributed by atoms with Crippen molar-refractivity contribution in [3.8, 4) is 0 Å². The molecule has 48 heavy (non-hydrogen) atoms. The van der Waals surface area contributed by atoms with E-state index in [1.54, 1.807) is 0 Å². The zero-order valence-corrected chi connectivity index (χ0v) is 30.2. The summed E-state index contributed by atoms with van der Waals surface area (Å²) in [7, 11) is 0. The predicted molar refractivity (Wildman–Crippen MR) is 177 cm³/mol. The van der Waals surface area contributed by atoms with Gasteiger partial charge in [0.25, 0.3) is 0 Å². The summed E-state index contributed by atoms with van der Waals surface area (Å²) in [6, 6.07) is 4.44. The average molecular weight is 667 g/mol. The maximum absolute atomic E-state index is 13.8. The van der Waals surface area contributed by atoms with E-state index in [-0.39, 0.29) is 69.6 Å². The van der Waals surface area contributed by atoms with Crippen LogP contribution >= 0.6 is 0 Å². The third kappa shape index (κ3) is 6.32. The molecule has 264 valence electrons. The van der Waals surface area contributed by atoms with Gasteiger partial charge < -0.3 is 28.4 Å². The first-order chi connectivity index (χ1) is 22.2. The lowest BCUT2D eigenvalue weighted by molar-refractivity contribution is -0.0379. The summed E-state index contributed by atoms with van der Waals surface area (Å²) >= 11 is 0. The highest BCUT2D eigenvalue weighted by Gasteiger charge is 2.59. The van der Waals surface area contributed by atoms with Crippen molar-refractivity contribution in [1.82, 2.24) is 0 Å². The molecule has 0 N–H and O–H groups in total. The Balaban J connectivity index is 1.11. The summed E-state index contributed by atoms with van der Waals surface area (Å²) in [6.45, 7) is 18.0. The molecule has 1 aromatic rings. The molecule has 6 fully saturated rings. The molecule has 0 bridgehead atoms. The Labute approximate surface area is 285 Å². The maximum Gasteiger partial charge on any atom is 0.338 e. The zero-order valence-electron chi connectivity index (χ0n) is 30.2. The van der Waals surface area contributed by atoms with Crippen LogP contribution < -0.4 is 0 Å². The molecule has 9 nitrogen and oxygen atoms in total. The molecule has 3 aliphatic heterocycles.